The molecule has 0 saturated carbocycles. The van der Waals surface area contributed by atoms with Gasteiger partial charge in [-0.3, -0.25) is 14.8 Å². The predicted molar refractivity (Wildman–Crippen MR) is 422 cm³/mol. The van der Waals surface area contributed by atoms with Gasteiger partial charge in [-0.2, -0.15) is 0 Å². The lowest BCUT2D eigenvalue weighted by Crippen LogP contribution is -2.19. The maximum atomic E-state index is 12.1. The number of halogens is 3. The van der Waals surface area contributed by atoms with E-state index in [0.29, 0.717) is 28.5 Å². The van der Waals surface area contributed by atoms with Gasteiger partial charge in [-0.25, -0.2) is 9.38 Å². The molecule has 5 heterocycles. The minimum Gasteiger partial charge on any atom is -0.494 e. The molecule has 0 aliphatic carbocycles. The van der Waals surface area contributed by atoms with Crippen LogP contribution in [0.2, 0.25) is 10.0 Å². The third kappa shape index (κ3) is 24.8. The van der Waals surface area contributed by atoms with Crippen LogP contribution < -0.4 is 24.8 Å². The number of ether oxygens (including phenoxy) is 4. The van der Waals surface area contributed by atoms with Gasteiger partial charge in [-0.05, 0) is 148 Å². The number of hydrogen-bond donors (Lipinski definition) is 2. The zero-order chi connectivity index (χ0) is 66.9. The number of nitrogens with one attached hydrogen (secondary N) is 2. The Balaban J connectivity index is 0.000000579. The summed E-state index contributed by atoms with van der Waals surface area (Å²) in [5.41, 5.74) is 15.9. The highest BCUT2D eigenvalue weighted by Crippen LogP contribution is 2.42. The number of rotatable bonds is 7. The molecule has 2 N–H and O–H groups in total. The molecule has 0 radical (unpaired) electrons. The number of esters is 1. The summed E-state index contributed by atoms with van der Waals surface area (Å²) in [7, 11) is 1.43. The maximum Gasteiger partial charge on any atom is 0.313 e. The van der Waals surface area contributed by atoms with Crippen molar-refractivity contribution in [1.82, 2.24) is 0 Å². The van der Waals surface area contributed by atoms with Crippen molar-refractivity contribution in [3.8, 4) is 23.0 Å². The van der Waals surface area contributed by atoms with E-state index in [9.17, 15) is 9.18 Å². The normalized spacial score (nSPS) is 11.7. The Bertz CT molecular complexity index is 3900. The number of thiophene rings is 1. The van der Waals surface area contributed by atoms with Gasteiger partial charge < -0.3 is 29.6 Å². The molecule has 9 aromatic rings. The topological polar surface area (TPSA) is 115 Å². The lowest BCUT2D eigenvalue weighted by molar-refractivity contribution is -0.143. The third-order valence-electron chi connectivity index (χ3n) is 14.3. The van der Waals surface area contributed by atoms with E-state index in [1.807, 2.05) is 189 Å². The Morgan fingerprint density at radius 3 is 1.76 bits per heavy atom. The van der Waals surface area contributed by atoms with Crippen LogP contribution in [0.1, 0.15) is 164 Å². The van der Waals surface area contributed by atoms with Gasteiger partial charge in [-0.15, -0.1) is 11.3 Å². The van der Waals surface area contributed by atoms with Gasteiger partial charge in [0, 0.05) is 55.5 Å². The summed E-state index contributed by atoms with van der Waals surface area (Å²) < 4.78 is 33.6. The van der Waals surface area contributed by atoms with E-state index in [1.165, 1.54) is 40.2 Å². The summed E-state index contributed by atoms with van der Waals surface area (Å²) in [6.45, 7) is 30.2. The molecule has 8 aromatic carbocycles. The number of fused-ring (bicyclic) bond motifs is 7. The molecule has 0 saturated heterocycles. The van der Waals surface area contributed by atoms with E-state index in [0.717, 1.165) is 110 Å². The highest BCUT2D eigenvalue weighted by atomic mass is 35.5. The van der Waals surface area contributed by atoms with Crippen LogP contribution in [-0.4, -0.2) is 43.4 Å². The van der Waals surface area contributed by atoms with Crippen molar-refractivity contribution in [2.24, 2.45) is 32.7 Å². The maximum absolute atomic E-state index is 12.1. The molecule has 1 unspecified atom stereocenters. The molecular weight excluding hydrogens is 1270 g/mol. The van der Waals surface area contributed by atoms with Crippen molar-refractivity contribution in [2.75, 3.05) is 31.0 Å². The van der Waals surface area contributed by atoms with Gasteiger partial charge >= 0.3 is 5.97 Å². The molecule has 0 fully saturated rings. The van der Waals surface area contributed by atoms with E-state index in [-0.39, 0.29) is 60.8 Å². The number of carbonyl (C=O) groups is 1. The predicted octanol–water partition coefficient (Wildman–Crippen LogP) is 26.6. The minimum absolute atomic E-state index is 0. The van der Waals surface area contributed by atoms with Crippen molar-refractivity contribution in [3.63, 3.8) is 0 Å². The molecule has 14 heteroatoms. The fraction of sp³-hybridized carbons (Fsp3) is 0.325. The number of aryl methyl sites for hydroxylation is 2. The van der Waals surface area contributed by atoms with Crippen molar-refractivity contribution in [1.29, 1.82) is 0 Å². The van der Waals surface area contributed by atoms with E-state index < -0.39 is 0 Å². The van der Waals surface area contributed by atoms with Gasteiger partial charge in [0.2, 0.25) is 0 Å². The zero-order valence-electron chi connectivity index (χ0n) is 55.8. The first-order valence-electron chi connectivity index (χ1n) is 31.5. The van der Waals surface area contributed by atoms with E-state index in [2.05, 4.69) is 87.5 Å². The Hall–Kier alpha value is -8.55. The first-order valence-corrected chi connectivity index (χ1v) is 33.1. The van der Waals surface area contributed by atoms with Crippen LogP contribution in [0.3, 0.4) is 0 Å². The summed E-state index contributed by atoms with van der Waals surface area (Å²) in [5, 5.41) is 9.50. The van der Waals surface area contributed by atoms with Gasteiger partial charge in [-0.1, -0.05) is 226 Å². The summed E-state index contributed by atoms with van der Waals surface area (Å²) in [6, 6.07) is 60.0. The van der Waals surface area contributed by atoms with Crippen LogP contribution in [0, 0.1) is 37.4 Å². The minimum atomic E-state index is -0.171. The molecule has 0 amide bonds. The Labute approximate surface area is 596 Å². The lowest BCUT2D eigenvalue weighted by atomic mass is 9.89. The Morgan fingerprint density at radius 2 is 1.13 bits per heavy atom. The van der Waals surface area contributed by atoms with Crippen LogP contribution in [0.25, 0.3) is 0 Å². The molecule has 10 nitrogen and oxygen atoms in total. The molecule has 97 heavy (non-hydrogen) atoms. The molecule has 0 bridgehead atoms. The second-order valence-electron chi connectivity index (χ2n) is 22.0. The summed E-state index contributed by atoms with van der Waals surface area (Å²) in [5.74, 6) is 3.90. The van der Waals surface area contributed by atoms with E-state index in [4.69, 9.17) is 52.1 Å². The summed E-state index contributed by atoms with van der Waals surface area (Å²) in [6.07, 6.45) is 1.03. The first kappa shape index (κ1) is 86.5. The van der Waals surface area contributed by atoms with Crippen LogP contribution in [-0.2, 0) is 16.0 Å². The number of carbonyl (C=O) groups excluding carboxylic acids is 1. The molecule has 13 rings (SSSR count). The number of hydrogen-bond acceptors (Lipinski definition) is 11. The summed E-state index contributed by atoms with van der Waals surface area (Å²) >= 11 is 14.0. The average molecular weight is 1380 g/mol. The second kappa shape index (κ2) is 43.6. The molecule has 0 spiro atoms. The molecule has 4 aliphatic rings. The highest BCUT2D eigenvalue weighted by molar-refractivity contribution is 7.16. The van der Waals surface area contributed by atoms with Crippen LogP contribution in [0.15, 0.2) is 203 Å². The van der Waals surface area contributed by atoms with E-state index in [1.54, 1.807) is 23.5 Å². The van der Waals surface area contributed by atoms with Crippen LogP contribution >= 0.6 is 34.5 Å². The van der Waals surface area contributed by atoms with Gasteiger partial charge in [0.25, 0.3) is 0 Å². The lowest BCUT2D eigenvalue weighted by Gasteiger charge is -2.18. The fourth-order valence-corrected chi connectivity index (χ4v) is 11.2. The average Bonchev–Trinajstić information content (AvgIpc) is 1.69. The molecule has 522 valence electrons. The fourth-order valence-electron chi connectivity index (χ4n) is 9.90. The van der Waals surface area contributed by atoms with Crippen LogP contribution in [0.4, 0.5) is 43.5 Å². The number of nitrogens with zero attached hydrogens (tertiary/aromatic N) is 3. The van der Waals surface area contributed by atoms with Gasteiger partial charge in [0.05, 0.1) is 60.4 Å². The molecular formula is C83H108Cl2FN5O5S. The SMILES string of the molecule is C.C.C.C.C.CC.CC.CC(C)C1=Nc2cc(Cl)ccc2Nc2ccccc21.CC(C)C1=Nc2ccccc2Oc2ccc(Cl)cc21.CC1=Nc2ccccc2Nc2sc(C)cc21.CCOc1ccc2c(c1)OCC2.COC(=O)C(c1ccccc1)C(C)C.Cc1ccc(F)cc1. The standard InChI is InChI=1S/C16H15ClN2.C16H14ClNO.C13H12N2S.C12H16O2.C10H12O2.C7H7F.2C2H6.5CH4/c1-10(2)16-12-5-3-4-6-13(12)18-14-8-7-11(17)9-15(14)19-16;1-10(2)16-12-9-11(17)7-8-14(12)19-15-6-4-3-5-13(15)18-16;1-8-7-10-9(2)14-11-5-3-4-6-12(11)15-13(10)16-8;1-9(2)11(12(13)14-3)10-7-5-4-6-8-10;1-2-11-9-4-3-8-5-6-12-10(8)7-9;1-6-2-4-7(8)5-3-6;2*1-2;;;;;/h3-10,18H,1-2H3;3-10H,1-2H3;3-7,15H,1-2H3;4-9,11H,1-3H3;3-4,7H,2,5-6H2,1H3;2-5H,1H3;2*1-2H3;5*1H4. The number of methoxy groups -OCH3 is 1. The quantitative estimate of drug-likeness (QED) is 0.153. The number of aliphatic imine (C=N–C) groups is 3. The first-order chi connectivity index (χ1) is 44.4. The second-order valence-corrected chi connectivity index (χ2v) is 24.2. The number of para-hydroxylation sites is 5. The highest BCUT2D eigenvalue weighted by Gasteiger charge is 2.25. The Morgan fingerprint density at radius 1 is 0.567 bits per heavy atom. The van der Waals surface area contributed by atoms with Crippen molar-refractivity contribution in [2.45, 2.75) is 146 Å². The van der Waals surface area contributed by atoms with Crippen molar-refractivity contribution < 1.29 is 28.1 Å². The zero-order valence-corrected chi connectivity index (χ0v) is 58.1. The summed E-state index contributed by atoms with van der Waals surface area (Å²) in [4.78, 5) is 27.1. The van der Waals surface area contributed by atoms with Crippen LogP contribution in [0.5, 0.6) is 23.0 Å². The van der Waals surface area contributed by atoms with Gasteiger partial charge in [0.1, 0.15) is 33.8 Å². The molecule has 1 aromatic heterocycles. The Kier molecular flexibility index (Phi) is 38.9. The number of benzene rings is 8. The van der Waals surface area contributed by atoms with E-state index >= 15 is 0 Å². The molecule has 4 aliphatic heterocycles. The monoisotopic (exact) mass is 1380 g/mol. The smallest absolute Gasteiger partial charge is 0.313 e. The largest absolute Gasteiger partial charge is 0.494 e. The molecule has 1 atom stereocenters. The van der Waals surface area contributed by atoms with Crippen molar-refractivity contribution in [3.05, 3.63) is 242 Å². The third-order valence-corrected chi connectivity index (χ3v) is 15.7. The van der Waals surface area contributed by atoms with Gasteiger partial charge in [0.15, 0.2) is 5.75 Å². The number of anilines is 4. The van der Waals surface area contributed by atoms with Crippen molar-refractivity contribution >= 4 is 96.8 Å².